The summed E-state index contributed by atoms with van der Waals surface area (Å²) in [4.78, 5) is 23.0. The second-order valence-corrected chi connectivity index (χ2v) is 6.84. The fourth-order valence-electron chi connectivity index (χ4n) is 3.39. The van der Waals surface area contributed by atoms with Crippen molar-refractivity contribution in [2.24, 2.45) is 0 Å². The van der Waals surface area contributed by atoms with Gasteiger partial charge in [0.15, 0.2) is 0 Å². The third kappa shape index (κ3) is 4.17. The first-order valence-corrected chi connectivity index (χ1v) is 9.35. The van der Waals surface area contributed by atoms with E-state index in [9.17, 15) is 9.18 Å². The van der Waals surface area contributed by atoms with E-state index in [4.69, 9.17) is 0 Å². The standard InChI is InChI=1S/C22H21FN4O/c23-19-7-5-16(6-8-19)9-11-24-21-13-20(25-15-26-21)22(28)27-12-10-17-3-1-2-4-18(17)14-27/h1-8,13,15H,9-12,14H2,(H,24,25,26). The molecule has 0 atom stereocenters. The highest BCUT2D eigenvalue weighted by molar-refractivity contribution is 5.93. The number of aromatic nitrogens is 2. The first kappa shape index (κ1) is 18.1. The summed E-state index contributed by atoms with van der Waals surface area (Å²) in [6, 6.07) is 16.3. The van der Waals surface area contributed by atoms with Crippen LogP contribution >= 0.6 is 0 Å². The van der Waals surface area contributed by atoms with Crippen molar-refractivity contribution in [2.45, 2.75) is 19.4 Å². The number of nitrogens with zero attached hydrogens (tertiary/aromatic N) is 3. The lowest BCUT2D eigenvalue weighted by Crippen LogP contribution is -2.36. The summed E-state index contributed by atoms with van der Waals surface area (Å²) >= 11 is 0. The monoisotopic (exact) mass is 376 g/mol. The van der Waals surface area contributed by atoms with Crippen molar-refractivity contribution in [3.05, 3.63) is 89.1 Å². The summed E-state index contributed by atoms with van der Waals surface area (Å²) in [5, 5.41) is 3.21. The molecule has 0 unspecified atom stereocenters. The Balaban J connectivity index is 1.38. The summed E-state index contributed by atoms with van der Waals surface area (Å²) < 4.78 is 13.0. The lowest BCUT2D eigenvalue weighted by molar-refractivity contribution is 0.0728. The van der Waals surface area contributed by atoms with Crippen LogP contribution in [0.2, 0.25) is 0 Å². The molecule has 2 aromatic carbocycles. The van der Waals surface area contributed by atoms with Gasteiger partial charge in [-0.15, -0.1) is 0 Å². The number of anilines is 1. The van der Waals surface area contributed by atoms with Crippen molar-refractivity contribution in [2.75, 3.05) is 18.4 Å². The van der Waals surface area contributed by atoms with Crippen molar-refractivity contribution in [1.29, 1.82) is 0 Å². The number of amides is 1. The Bertz CT molecular complexity index is 974. The van der Waals surface area contributed by atoms with Gasteiger partial charge in [0.2, 0.25) is 0 Å². The highest BCUT2D eigenvalue weighted by Crippen LogP contribution is 2.20. The lowest BCUT2D eigenvalue weighted by atomic mass is 10.00. The third-order valence-electron chi connectivity index (χ3n) is 4.94. The van der Waals surface area contributed by atoms with E-state index >= 15 is 0 Å². The van der Waals surface area contributed by atoms with Crippen LogP contribution in [0.1, 0.15) is 27.2 Å². The number of nitrogens with one attached hydrogen (secondary N) is 1. The van der Waals surface area contributed by atoms with Crippen LogP contribution in [0.25, 0.3) is 0 Å². The van der Waals surface area contributed by atoms with Gasteiger partial charge >= 0.3 is 0 Å². The van der Waals surface area contributed by atoms with Crippen LogP contribution in [0, 0.1) is 5.82 Å². The molecule has 0 aliphatic carbocycles. The van der Waals surface area contributed by atoms with Gasteiger partial charge in [-0.25, -0.2) is 14.4 Å². The molecular weight excluding hydrogens is 355 g/mol. The van der Waals surface area contributed by atoms with Gasteiger partial charge in [0.25, 0.3) is 5.91 Å². The molecule has 28 heavy (non-hydrogen) atoms. The second kappa shape index (κ2) is 8.17. The molecule has 1 aliphatic heterocycles. The van der Waals surface area contributed by atoms with Crippen molar-refractivity contribution >= 4 is 11.7 Å². The maximum atomic E-state index is 13.0. The number of benzene rings is 2. The molecular formula is C22H21FN4O. The van der Waals surface area contributed by atoms with Crippen LogP contribution < -0.4 is 5.32 Å². The number of fused-ring (bicyclic) bond motifs is 1. The molecule has 0 saturated heterocycles. The molecule has 0 bridgehead atoms. The van der Waals surface area contributed by atoms with Crippen molar-refractivity contribution in [3.8, 4) is 0 Å². The molecule has 5 nitrogen and oxygen atoms in total. The van der Waals surface area contributed by atoms with Gasteiger partial charge in [-0.05, 0) is 41.7 Å². The fraction of sp³-hybridized carbons (Fsp3) is 0.227. The molecule has 1 N–H and O–H groups in total. The van der Waals surface area contributed by atoms with Gasteiger partial charge < -0.3 is 10.2 Å². The first-order valence-electron chi connectivity index (χ1n) is 9.35. The van der Waals surface area contributed by atoms with E-state index in [0.29, 0.717) is 31.1 Å². The molecule has 3 aromatic rings. The predicted octanol–water partition coefficient (Wildman–Crippen LogP) is 3.47. The minimum absolute atomic E-state index is 0.0847. The number of hydrogen-bond acceptors (Lipinski definition) is 4. The topological polar surface area (TPSA) is 58.1 Å². The molecule has 4 rings (SSSR count). The van der Waals surface area contributed by atoms with Crippen LogP contribution in [0.5, 0.6) is 0 Å². The van der Waals surface area contributed by atoms with E-state index < -0.39 is 0 Å². The Hall–Kier alpha value is -3.28. The highest BCUT2D eigenvalue weighted by Gasteiger charge is 2.22. The van der Waals surface area contributed by atoms with Gasteiger partial charge in [0.1, 0.15) is 23.7 Å². The van der Waals surface area contributed by atoms with E-state index in [0.717, 1.165) is 18.4 Å². The quantitative estimate of drug-likeness (QED) is 0.741. The average molecular weight is 376 g/mol. The zero-order valence-corrected chi connectivity index (χ0v) is 15.4. The second-order valence-electron chi connectivity index (χ2n) is 6.84. The van der Waals surface area contributed by atoms with E-state index in [2.05, 4.69) is 27.4 Å². The molecule has 1 aromatic heterocycles. The van der Waals surface area contributed by atoms with E-state index in [1.54, 1.807) is 18.2 Å². The maximum Gasteiger partial charge on any atom is 0.272 e. The number of carbonyl (C=O) groups is 1. The number of halogens is 1. The minimum atomic E-state index is -0.240. The Labute approximate surface area is 163 Å². The van der Waals surface area contributed by atoms with E-state index in [-0.39, 0.29) is 11.7 Å². The lowest BCUT2D eigenvalue weighted by Gasteiger charge is -2.28. The molecule has 142 valence electrons. The summed E-state index contributed by atoms with van der Waals surface area (Å²) in [7, 11) is 0. The SMILES string of the molecule is O=C(c1cc(NCCc2ccc(F)cc2)ncn1)N1CCc2ccccc2C1. The summed E-state index contributed by atoms with van der Waals surface area (Å²) in [6.07, 6.45) is 3.00. The van der Waals surface area contributed by atoms with E-state index in [1.165, 1.54) is 29.6 Å². The normalized spacial score (nSPS) is 13.1. The number of hydrogen-bond donors (Lipinski definition) is 1. The predicted molar refractivity (Wildman–Crippen MR) is 106 cm³/mol. The third-order valence-corrected chi connectivity index (χ3v) is 4.94. The molecule has 0 spiro atoms. The zero-order chi connectivity index (χ0) is 19.3. The van der Waals surface area contributed by atoms with Crippen molar-refractivity contribution in [3.63, 3.8) is 0 Å². The van der Waals surface area contributed by atoms with Crippen LogP contribution in [0.3, 0.4) is 0 Å². The Morgan fingerprint density at radius 3 is 2.68 bits per heavy atom. The van der Waals surface area contributed by atoms with Crippen LogP contribution in [-0.2, 0) is 19.4 Å². The Morgan fingerprint density at radius 1 is 1.07 bits per heavy atom. The highest BCUT2D eigenvalue weighted by atomic mass is 19.1. The van der Waals surface area contributed by atoms with Crippen LogP contribution in [0.15, 0.2) is 60.9 Å². The Kier molecular flexibility index (Phi) is 5.28. The maximum absolute atomic E-state index is 13.0. The van der Waals surface area contributed by atoms with Gasteiger partial charge in [-0.3, -0.25) is 4.79 Å². The van der Waals surface area contributed by atoms with Crippen LogP contribution in [-0.4, -0.2) is 33.9 Å². The zero-order valence-electron chi connectivity index (χ0n) is 15.4. The molecule has 0 saturated carbocycles. The Morgan fingerprint density at radius 2 is 1.86 bits per heavy atom. The van der Waals surface area contributed by atoms with E-state index in [1.807, 2.05) is 17.0 Å². The van der Waals surface area contributed by atoms with Crippen LogP contribution in [0.4, 0.5) is 10.2 Å². The molecule has 2 heterocycles. The summed E-state index contributed by atoms with van der Waals surface area (Å²) in [5.41, 5.74) is 3.91. The molecule has 0 fully saturated rings. The molecule has 1 amide bonds. The number of carbonyl (C=O) groups excluding carboxylic acids is 1. The summed E-state index contributed by atoms with van der Waals surface area (Å²) in [6.45, 7) is 1.92. The first-order chi connectivity index (χ1) is 13.7. The largest absolute Gasteiger partial charge is 0.370 e. The fourth-order valence-corrected chi connectivity index (χ4v) is 3.39. The van der Waals surface area contributed by atoms with Gasteiger partial charge in [-0.1, -0.05) is 36.4 Å². The number of rotatable bonds is 5. The van der Waals surface area contributed by atoms with Crippen molar-refractivity contribution < 1.29 is 9.18 Å². The molecule has 6 heteroatoms. The van der Waals surface area contributed by atoms with Gasteiger partial charge in [0.05, 0.1) is 0 Å². The smallest absolute Gasteiger partial charge is 0.272 e. The molecule has 0 radical (unpaired) electrons. The average Bonchev–Trinajstić information content (AvgIpc) is 2.74. The molecule has 1 aliphatic rings. The summed E-state index contributed by atoms with van der Waals surface area (Å²) in [5.74, 6) is 0.285. The van der Waals surface area contributed by atoms with Gasteiger partial charge in [-0.2, -0.15) is 0 Å². The van der Waals surface area contributed by atoms with Gasteiger partial charge in [0, 0.05) is 25.7 Å². The minimum Gasteiger partial charge on any atom is -0.370 e. The van der Waals surface area contributed by atoms with Crippen molar-refractivity contribution in [1.82, 2.24) is 14.9 Å².